The molecule has 1 aliphatic heterocycles. The molecular formula is C31H47N3O7S. The van der Waals surface area contributed by atoms with Gasteiger partial charge in [-0.1, -0.05) is 6.92 Å². The summed E-state index contributed by atoms with van der Waals surface area (Å²) >= 11 is 0. The molecule has 4 atom stereocenters. The van der Waals surface area contributed by atoms with E-state index in [0.717, 1.165) is 24.9 Å². The van der Waals surface area contributed by atoms with Gasteiger partial charge in [0.2, 0.25) is 10.0 Å². The number of hydrogen-bond acceptors (Lipinski definition) is 8. The highest BCUT2D eigenvalue weighted by molar-refractivity contribution is 7.89. The van der Waals surface area contributed by atoms with Crippen LogP contribution in [0.2, 0.25) is 0 Å². The van der Waals surface area contributed by atoms with Gasteiger partial charge in [-0.15, -0.1) is 0 Å². The number of anilines is 1. The van der Waals surface area contributed by atoms with Crippen LogP contribution >= 0.6 is 0 Å². The Kier molecular flexibility index (Phi) is 12.0. The van der Waals surface area contributed by atoms with Crippen molar-refractivity contribution in [3.63, 3.8) is 0 Å². The standard InChI is InChI=1S/C31H47N3O7S/c1-22-19-34(23(2)21-35)31(36)28-18-25(32(4)5)11-16-29(28)41-24(3)10-8-9-17-40-30(22)20-33(6)42(37,38)27-14-12-26(39-7)13-15-27/h11-16,18,22-24,30,35H,8-10,17,19-21H2,1-7H3/t22-,23-,24+,30+/m1/s1. The number of sulfonamides is 1. The highest BCUT2D eigenvalue weighted by atomic mass is 32.2. The molecule has 0 saturated carbocycles. The van der Waals surface area contributed by atoms with E-state index in [4.69, 9.17) is 14.2 Å². The number of benzene rings is 2. The van der Waals surface area contributed by atoms with Crippen LogP contribution in [0.15, 0.2) is 47.4 Å². The van der Waals surface area contributed by atoms with Crippen LogP contribution < -0.4 is 14.4 Å². The van der Waals surface area contributed by atoms with Crippen LogP contribution in [0.5, 0.6) is 11.5 Å². The maximum absolute atomic E-state index is 14.1. The predicted octanol–water partition coefficient (Wildman–Crippen LogP) is 3.88. The largest absolute Gasteiger partial charge is 0.497 e. The minimum atomic E-state index is -3.80. The van der Waals surface area contributed by atoms with E-state index in [-0.39, 0.29) is 42.5 Å². The molecule has 1 amide bonds. The third-order valence-electron chi connectivity index (χ3n) is 7.76. The highest BCUT2D eigenvalue weighted by Crippen LogP contribution is 2.29. The molecule has 3 rings (SSSR count). The quantitative estimate of drug-likeness (QED) is 0.483. The Morgan fingerprint density at radius 2 is 1.79 bits per heavy atom. The second kappa shape index (κ2) is 15.0. The zero-order chi connectivity index (χ0) is 31.0. The van der Waals surface area contributed by atoms with Crippen LogP contribution in [0, 0.1) is 5.92 Å². The van der Waals surface area contributed by atoms with Gasteiger partial charge in [-0.05, 0) is 75.6 Å². The summed E-state index contributed by atoms with van der Waals surface area (Å²) in [7, 11) is 3.09. The van der Waals surface area contributed by atoms with Gasteiger partial charge in [0.25, 0.3) is 5.91 Å². The number of nitrogens with zero attached hydrogens (tertiary/aromatic N) is 3. The van der Waals surface area contributed by atoms with E-state index in [9.17, 15) is 18.3 Å². The molecule has 2 aromatic rings. The normalized spacial score (nSPS) is 21.7. The summed E-state index contributed by atoms with van der Waals surface area (Å²) in [5.74, 6) is 0.571. The molecule has 0 fully saturated rings. The lowest BCUT2D eigenvalue weighted by Gasteiger charge is -2.35. The number of fused-ring (bicyclic) bond motifs is 1. The third-order valence-corrected chi connectivity index (χ3v) is 9.59. The molecule has 1 N–H and O–H groups in total. The average molecular weight is 606 g/mol. The molecule has 1 aliphatic rings. The second-order valence-corrected chi connectivity index (χ2v) is 13.4. The number of carbonyl (C=O) groups excluding carboxylic acids is 1. The van der Waals surface area contributed by atoms with Gasteiger partial charge in [-0.3, -0.25) is 4.79 Å². The molecule has 2 aromatic carbocycles. The number of aliphatic hydroxyl groups is 1. The first kappa shape index (κ1) is 33.6. The molecule has 0 aromatic heterocycles. The summed E-state index contributed by atoms with van der Waals surface area (Å²) in [6, 6.07) is 11.4. The lowest BCUT2D eigenvalue weighted by atomic mass is 10.0. The average Bonchev–Trinajstić information content (AvgIpc) is 2.97. The van der Waals surface area contributed by atoms with Gasteiger partial charge in [-0.2, -0.15) is 4.31 Å². The van der Waals surface area contributed by atoms with Crippen molar-refractivity contribution in [2.45, 2.75) is 63.2 Å². The van der Waals surface area contributed by atoms with Crippen molar-refractivity contribution in [3.05, 3.63) is 48.0 Å². The molecule has 0 saturated heterocycles. The predicted molar refractivity (Wildman–Crippen MR) is 164 cm³/mol. The van der Waals surface area contributed by atoms with Crippen LogP contribution in [-0.4, -0.2) is 101 Å². The number of hydrogen-bond donors (Lipinski definition) is 1. The van der Waals surface area contributed by atoms with E-state index < -0.39 is 22.2 Å². The van der Waals surface area contributed by atoms with E-state index in [1.807, 2.05) is 51.0 Å². The first-order valence-corrected chi connectivity index (χ1v) is 15.9. The van der Waals surface area contributed by atoms with E-state index >= 15 is 0 Å². The van der Waals surface area contributed by atoms with Crippen molar-refractivity contribution in [2.75, 3.05) is 59.5 Å². The van der Waals surface area contributed by atoms with Gasteiger partial charge < -0.3 is 29.1 Å². The topological polar surface area (TPSA) is 109 Å². The van der Waals surface area contributed by atoms with Crippen LogP contribution in [0.25, 0.3) is 0 Å². The summed E-state index contributed by atoms with van der Waals surface area (Å²) in [5, 5.41) is 10.1. The molecule has 0 radical (unpaired) electrons. The first-order chi connectivity index (χ1) is 19.9. The fraction of sp³-hybridized carbons (Fsp3) is 0.581. The van der Waals surface area contributed by atoms with Crippen LogP contribution in [0.4, 0.5) is 5.69 Å². The molecule has 0 unspecified atom stereocenters. The van der Waals surface area contributed by atoms with Crippen LogP contribution in [-0.2, 0) is 14.8 Å². The fourth-order valence-corrected chi connectivity index (χ4v) is 6.11. The van der Waals surface area contributed by atoms with Crippen molar-refractivity contribution < 1.29 is 32.5 Å². The van der Waals surface area contributed by atoms with Crippen molar-refractivity contribution in [1.82, 2.24) is 9.21 Å². The summed E-state index contributed by atoms with van der Waals surface area (Å²) in [4.78, 5) is 17.8. The highest BCUT2D eigenvalue weighted by Gasteiger charge is 2.32. The maximum Gasteiger partial charge on any atom is 0.258 e. The Morgan fingerprint density at radius 3 is 2.40 bits per heavy atom. The van der Waals surface area contributed by atoms with E-state index in [0.29, 0.717) is 23.7 Å². The number of ether oxygens (including phenoxy) is 3. The van der Waals surface area contributed by atoms with Crippen molar-refractivity contribution in [3.8, 4) is 11.5 Å². The van der Waals surface area contributed by atoms with Gasteiger partial charge in [0.05, 0.1) is 42.4 Å². The maximum atomic E-state index is 14.1. The molecule has 0 spiro atoms. The van der Waals surface area contributed by atoms with Gasteiger partial charge in [-0.25, -0.2) is 8.42 Å². The summed E-state index contributed by atoms with van der Waals surface area (Å²) in [6.45, 7) is 6.31. The number of likely N-dealkylation sites (N-methyl/N-ethyl adjacent to an activating group) is 1. The van der Waals surface area contributed by atoms with Gasteiger partial charge in [0.15, 0.2) is 0 Å². The number of amides is 1. The summed E-state index contributed by atoms with van der Waals surface area (Å²) in [5.41, 5.74) is 1.28. The van der Waals surface area contributed by atoms with Crippen molar-refractivity contribution in [1.29, 1.82) is 0 Å². The number of carbonyl (C=O) groups is 1. The SMILES string of the molecule is COc1ccc(S(=O)(=O)N(C)C[C@@H]2OCCCC[C@H](C)Oc3ccc(N(C)C)cc3C(=O)N([C@H](C)CO)C[C@H]2C)cc1. The van der Waals surface area contributed by atoms with Gasteiger partial charge >= 0.3 is 0 Å². The lowest BCUT2D eigenvalue weighted by Crippen LogP contribution is -2.48. The molecular weight excluding hydrogens is 558 g/mol. The minimum Gasteiger partial charge on any atom is -0.497 e. The van der Waals surface area contributed by atoms with Gasteiger partial charge in [0.1, 0.15) is 11.5 Å². The Hall–Kier alpha value is -2.86. The lowest BCUT2D eigenvalue weighted by molar-refractivity contribution is -0.00833. The molecule has 0 aliphatic carbocycles. The van der Waals surface area contributed by atoms with Crippen molar-refractivity contribution >= 4 is 21.6 Å². The molecule has 42 heavy (non-hydrogen) atoms. The molecule has 1 heterocycles. The summed E-state index contributed by atoms with van der Waals surface area (Å²) in [6.07, 6.45) is 1.80. The minimum absolute atomic E-state index is 0.103. The Labute approximate surface area is 251 Å². The molecule has 11 heteroatoms. The molecule has 0 bridgehead atoms. The van der Waals surface area contributed by atoms with Crippen molar-refractivity contribution in [2.24, 2.45) is 5.92 Å². The molecule has 10 nitrogen and oxygen atoms in total. The first-order valence-electron chi connectivity index (χ1n) is 14.5. The zero-order valence-electron chi connectivity index (χ0n) is 25.9. The van der Waals surface area contributed by atoms with E-state index in [2.05, 4.69) is 0 Å². The zero-order valence-corrected chi connectivity index (χ0v) is 26.8. The Bertz CT molecular complexity index is 1270. The third kappa shape index (κ3) is 8.37. The number of rotatable bonds is 8. The van der Waals surface area contributed by atoms with E-state index in [1.165, 1.54) is 30.6 Å². The Morgan fingerprint density at radius 1 is 1.10 bits per heavy atom. The second-order valence-electron chi connectivity index (χ2n) is 11.3. The fourth-order valence-electron chi connectivity index (χ4n) is 4.93. The number of methoxy groups -OCH3 is 1. The van der Waals surface area contributed by atoms with Crippen LogP contribution in [0.3, 0.4) is 0 Å². The van der Waals surface area contributed by atoms with E-state index in [1.54, 1.807) is 24.0 Å². The van der Waals surface area contributed by atoms with Gasteiger partial charge in [0, 0.05) is 52.4 Å². The molecule has 234 valence electrons. The summed E-state index contributed by atoms with van der Waals surface area (Å²) < 4.78 is 45.9. The monoisotopic (exact) mass is 605 g/mol. The Balaban J connectivity index is 1.95. The van der Waals surface area contributed by atoms with Crippen LogP contribution in [0.1, 0.15) is 50.4 Å². The number of aliphatic hydroxyl groups excluding tert-OH is 1. The smallest absolute Gasteiger partial charge is 0.258 e.